The molecule has 2 aliphatic heterocycles. The number of carbonyl (C=O) groups excluding carboxylic acids is 8. The van der Waals surface area contributed by atoms with Crippen LogP contribution in [0.5, 0.6) is 46.0 Å². The lowest BCUT2D eigenvalue weighted by Gasteiger charge is -2.46. The van der Waals surface area contributed by atoms with Gasteiger partial charge in [-0.15, -0.1) is 0 Å². The van der Waals surface area contributed by atoms with Crippen molar-refractivity contribution in [2.75, 3.05) is 72.7 Å². The summed E-state index contributed by atoms with van der Waals surface area (Å²) in [6, 6.07) is 29.0. The fourth-order valence-electron chi connectivity index (χ4n) is 11.3. The second-order valence-corrected chi connectivity index (χ2v) is 52.8. The van der Waals surface area contributed by atoms with Gasteiger partial charge in [0.2, 0.25) is 12.1 Å². The van der Waals surface area contributed by atoms with Crippen molar-refractivity contribution in [2.24, 2.45) is 0 Å². The second kappa shape index (κ2) is 54.5. The molecule has 2 fully saturated rings. The molecule has 680 valence electrons. The summed E-state index contributed by atoms with van der Waals surface area (Å²) in [5.41, 5.74) is 0.880. The Hall–Kier alpha value is 4.59. The van der Waals surface area contributed by atoms with E-state index >= 15 is 24.0 Å². The van der Waals surface area contributed by atoms with Crippen LogP contribution in [0.1, 0.15) is 5.56 Å². The molecule has 2 saturated heterocycles. The summed E-state index contributed by atoms with van der Waals surface area (Å²) in [7, 11) is 0. The Labute approximate surface area is 1040 Å². The zero-order valence-corrected chi connectivity index (χ0v) is 112. The van der Waals surface area contributed by atoms with E-state index in [2.05, 4.69) is 407 Å². The number of carbonyl (C=O) groups is 8. The number of rotatable bonds is 37. The van der Waals surface area contributed by atoms with Gasteiger partial charge in [-0.1, -0.05) is 0 Å². The molecule has 27 nitrogen and oxygen atoms in total. The summed E-state index contributed by atoms with van der Waals surface area (Å²) in [5.74, 6) is -10.0. The summed E-state index contributed by atoms with van der Waals surface area (Å²) in [6.07, 6.45) is -17.5. The molecule has 10 rings (SSSR count). The highest BCUT2D eigenvalue weighted by atomic mass is 127. The van der Waals surface area contributed by atoms with Gasteiger partial charge in [0.1, 0.15) is 78.0 Å². The molecule has 127 heavy (non-hydrogen) atoms. The van der Waals surface area contributed by atoms with Crippen molar-refractivity contribution in [3.63, 3.8) is 0 Å². The average Bonchev–Trinajstić information content (AvgIpc) is 1.63. The molecule has 8 aromatic carbocycles. The van der Waals surface area contributed by atoms with Crippen molar-refractivity contribution in [2.45, 2.75) is 61.7 Å². The van der Waals surface area contributed by atoms with Crippen LogP contribution in [0, 0.1) is 89.0 Å². The van der Waals surface area contributed by atoms with E-state index in [-0.39, 0.29) is 34.5 Å². The first-order chi connectivity index (χ1) is 60.0. The molecular weight excluding hydrogens is 4280 g/mol. The van der Waals surface area contributed by atoms with Crippen molar-refractivity contribution in [3.05, 3.63) is 185 Å². The number of ether oxygens (including phenoxy) is 19. The molecule has 2 heterocycles. The van der Waals surface area contributed by atoms with Crippen molar-refractivity contribution in [1.29, 1.82) is 0 Å². The Morgan fingerprint density at radius 1 is 0.283 bits per heavy atom. The highest BCUT2D eigenvalue weighted by Gasteiger charge is 2.66. The third-order valence-corrected chi connectivity index (χ3v) is 35.3. The molecule has 8 aromatic rings. The second-order valence-electron chi connectivity index (χ2n) is 25.6. The van der Waals surface area contributed by atoms with Gasteiger partial charge in [0.15, 0.2) is 83.4 Å². The smallest absolute Gasteiger partial charge is 0.344 e. The molecule has 2 aliphatic rings. The number of benzene rings is 8. The topological polar surface area (TPSA) is 312 Å². The van der Waals surface area contributed by atoms with E-state index in [1.807, 2.05) is 187 Å². The molecular formula is C77H49I23O27. The van der Waals surface area contributed by atoms with Crippen LogP contribution in [-0.2, 0) is 90.5 Å². The maximum Gasteiger partial charge on any atom is 0.344 e. The van der Waals surface area contributed by atoms with Crippen molar-refractivity contribution in [1.82, 2.24) is 0 Å². The first-order valence-electron chi connectivity index (χ1n) is 35.0. The largest absolute Gasteiger partial charge is 0.480 e. The first-order valence-corrected chi connectivity index (χ1v) is 59.8. The minimum Gasteiger partial charge on any atom is -0.480 e. The van der Waals surface area contributed by atoms with E-state index in [9.17, 15) is 14.4 Å². The summed E-state index contributed by atoms with van der Waals surface area (Å²) >= 11 is 47.8. The molecule has 0 bridgehead atoms. The van der Waals surface area contributed by atoms with Crippen LogP contribution in [0.3, 0.4) is 0 Å². The van der Waals surface area contributed by atoms with Gasteiger partial charge in [0.25, 0.3) is 0 Å². The van der Waals surface area contributed by atoms with Gasteiger partial charge in [-0.3, -0.25) is 0 Å². The van der Waals surface area contributed by atoms with Gasteiger partial charge in [0.05, 0.1) is 57.1 Å². The van der Waals surface area contributed by atoms with E-state index < -0.39 is 175 Å². The summed E-state index contributed by atoms with van der Waals surface area (Å²) in [4.78, 5) is 121. The lowest BCUT2D eigenvalue weighted by Crippen LogP contribution is -2.66. The number of aryl methyl sites for hydroxylation is 1. The number of esters is 8. The molecule has 0 saturated carbocycles. The van der Waals surface area contributed by atoms with Gasteiger partial charge >= 0.3 is 47.8 Å². The number of hydrogen-bond acceptors (Lipinski definition) is 27. The van der Waals surface area contributed by atoms with Crippen molar-refractivity contribution in [3.8, 4) is 46.0 Å². The Morgan fingerprint density at radius 3 is 0.882 bits per heavy atom. The van der Waals surface area contributed by atoms with Crippen molar-refractivity contribution < 1.29 is 128 Å². The van der Waals surface area contributed by atoms with Gasteiger partial charge in [-0.2, -0.15) is 0 Å². The summed E-state index contributed by atoms with van der Waals surface area (Å²) in [5, 5.41) is 0. The Kier molecular flexibility index (Phi) is 48.7. The first kappa shape index (κ1) is 114. The SMILES string of the molecule is Cc1cc(I)c(OCC(=O)O[C@@H]2[C@@H](COC(=O)COc3c(I)cc(I)cc3I)O[C@@](COC(=O)COc3c(I)cc(I)cc3I)(O[C@H]3O[C@H](COC(=O)COc4c(I)cc(I)cc4I)[C@@H](OC(=O)COc4c(I)cc(I)cc4I)[C@H](OC(=O)COc4c(I)cc(I)cc4I)[C@H]3OC(=O)COc3c(I)cc(I)cc3I)[C@H]2OC(=O)COc2c(I)ccc(I)c2I)c(I)c1. The fraction of sp³-hybridized carbons (Fsp3) is 0.273. The molecule has 0 amide bonds. The van der Waals surface area contributed by atoms with E-state index in [0.29, 0.717) is 68.6 Å². The minimum absolute atomic E-state index is 0.246. The van der Waals surface area contributed by atoms with Gasteiger partial charge < -0.3 is 90.0 Å². The molecule has 0 unspecified atom stereocenters. The molecule has 0 spiro atoms. The van der Waals surface area contributed by atoms with Gasteiger partial charge in [-0.05, 0) is 629 Å². The standard InChI is InChI=1S/C77H49I23O27/c1-29-4-38(86)63(39(87)5-29)114-24-58(105)122-72-53(19-110-55(102)21-112-65-42(90)8-31(79)9-43(65)91)126-77(28-119-56(103)22-113-66-44(92)10-32(80)11-45(66)93,75(72)125-61(108)27-118-70-37(85)3-2-36(84)62(70)100)127-76-74(124-60(107)26-117-69-50(98)16-35(83)17-51(69)99)73(123-59(106)25-116-68-48(96)14-34(82)15-49(68)97)71(121-57(104)23-115-67-46(94)12-33(81)13-47(67)95)52(120-76)18-109-54(101)20-111-64-40(88)6-30(78)7-41(64)89/h2-17,52-53,71-76H,18-28H2,1H3/t52-,53-,71-,72-,73+,74-,75+,76-,77+/m1/s1. The summed E-state index contributed by atoms with van der Waals surface area (Å²) < 4.78 is 138. The molecule has 0 aliphatic carbocycles. The molecule has 9 atom stereocenters. The maximum atomic E-state index is 15.5. The van der Waals surface area contributed by atoms with E-state index in [0.717, 1.165) is 30.6 Å². The normalized spacial score (nSPS) is 18.2. The average molecular weight is 4330 g/mol. The highest BCUT2D eigenvalue weighted by molar-refractivity contribution is 14.1. The number of halogens is 23. The summed E-state index contributed by atoms with van der Waals surface area (Å²) in [6.45, 7) is -8.07. The minimum atomic E-state index is -3.11. The third-order valence-electron chi connectivity index (χ3n) is 16.5. The van der Waals surface area contributed by atoms with Crippen LogP contribution in [0.15, 0.2) is 97.1 Å². The molecule has 50 heteroatoms. The zero-order valence-electron chi connectivity index (χ0n) is 62.9. The monoisotopic (exact) mass is 4320 g/mol. The van der Waals surface area contributed by atoms with Crippen LogP contribution in [0.25, 0.3) is 0 Å². The quantitative estimate of drug-likeness (QED) is 0.0151. The molecule has 0 N–H and O–H groups in total. The van der Waals surface area contributed by atoms with Crippen LogP contribution in [0.4, 0.5) is 0 Å². The lowest BCUT2D eigenvalue weighted by molar-refractivity contribution is -0.384. The maximum absolute atomic E-state index is 15.5. The zero-order chi connectivity index (χ0) is 92.7. The number of hydrogen-bond donors (Lipinski definition) is 0. The Balaban J connectivity index is 1.18. The van der Waals surface area contributed by atoms with Crippen molar-refractivity contribution >= 4 is 567 Å². The lowest BCUT2D eigenvalue weighted by atomic mass is 9.97. The molecule has 0 radical (unpaired) electrons. The third kappa shape index (κ3) is 33.6. The van der Waals surface area contributed by atoms with Gasteiger partial charge in [0, 0.05) is 25.0 Å². The van der Waals surface area contributed by atoms with E-state index in [1.165, 1.54) is 0 Å². The highest BCUT2D eigenvalue weighted by Crippen LogP contribution is 2.45. The molecule has 0 aromatic heterocycles. The predicted molar refractivity (Wildman–Crippen MR) is 652 cm³/mol. The Morgan fingerprint density at radius 2 is 0.543 bits per heavy atom. The predicted octanol–water partition coefficient (Wildman–Crippen LogP) is 21.9. The van der Waals surface area contributed by atoms with Crippen LogP contribution in [-0.4, -0.2) is 175 Å². The van der Waals surface area contributed by atoms with E-state index in [4.69, 9.17) is 90.0 Å². The van der Waals surface area contributed by atoms with Crippen LogP contribution >= 0.6 is 520 Å². The Bertz CT molecular complexity index is 5340. The van der Waals surface area contributed by atoms with Crippen LogP contribution < -0.4 is 37.9 Å². The van der Waals surface area contributed by atoms with Crippen LogP contribution in [0.2, 0.25) is 0 Å². The van der Waals surface area contributed by atoms with E-state index in [1.54, 1.807) is 30.3 Å². The fourth-order valence-corrected chi connectivity index (χ4v) is 39.2. The van der Waals surface area contributed by atoms with Gasteiger partial charge in [-0.25, -0.2) is 38.4 Å².